The van der Waals surface area contributed by atoms with Gasteiger partial charge >= 0.3 is 0 Å². The zero-order chi connectivity index (χ0) is 12.7. The average molecular weight is 230 g/mol. The summed E-state index contributed by atoms with van der Waals surface area (Å²) in [5.74, 6) is 0.713. The maximum atomic E-state index is 2.40. The van der Waals surface area contributed by atoms with Gasteiger partial charge in [-0.05, 0) is 55.2 Å². The monoisotopic (exact) mass is 230 g/mol. The Bertz CT molecular complexity index is 350. The second-order valence-electron chi connectivity index (χ2n) is 4.83. The molecule has 0 aliphatic heterocycles. The maximum absolute atomic E-state index is 2.40. The number of hydrogen-bond donors (Lipinski definition) is 0. The number of allylic oxidation sites excluding steroid dienone is 8. The summed E-state index contributed by atoms with van der Waals surface area (Å²) in [6.45, 7) is 8.89. The molecule has 1 atom stereocenters. The molecule has 0 heteroatoms. The van der Waals surface area contributed by atoms with E-state index >= 15 is 0 Å². The van der Waals surface area contributed by atoms with Crippen molar-refractivity contribution in [2.45, 2.75) is 53.4 Å². The molecule has 0 spiro atoms. The highest BCUT2D eigenvalue weighted by atomic mass is 14.1. The van der Waals surface area contributed by atoms with Crippen molar-refractivity contribution in [3.05, 3.63) is 47.1 Å². The topological polar surface area (TPSA) is 0 Å². The van der Waals surface area contributed by atoms with Crippen LogP contribution in [0.25, 0.3) is 0 Å². The summed E-state index contributed by atoms with van der Waals surface area (Å²) >= 11 is 0. The summed E-state index contributed by atoms with van der Waals surface area (Å²) in [6, 6.07) is 0. The van der Waals surface area contributed by atoms with Crippen molar-refractivity contribution in [2.24, 2.45) is 5.92 Å². The Morgan fingerprint density at radius 1 is 1.35 bits per heavy atom. The van der Waals surface area contributed by atoms with Gasteiger partial charge in [-0.25, -0.2) is 0 Å². The fourth-order valence-electron chi connectivity index (χ4n) is 2.27. The largest absolute Gasteiger partial charge is 0.0838 e. The van der Waals surface area contributed by atoms with Crippen LogP contribution in [-0.4, -0.2) is 0 Å². The van der Waals surface area contributed by atoms with Gasteiger partial charge in [0.2, 0.25) is 0 Å². The lowest BCUT2D eigenvalue weighted by Crippen LogP contribution is -1.97. The van der Waals surface area contributed by atoms with Crippen LogP contribution in [0.1, 0.15) is 53.4 Å². The molecule has 17 heavy (non-hydrogen) atoms. The Hall–Kier alpha value is -1.04. The third-order valence-corrected chi connectivity index (χ3v) is 3.38. The molecule has 0 saturated heterocycles. The van der Waals surface area contributed by atoms with E-state index in [9.17, 15) is 0 Å². The summed E-state index contributed by atoms with van der Waals surface area (Å²) in [6.07, 6.45) is 16.2. The van der Waals surface area contributed by atoms with Gasteiger partial charge in [0, 0.05) is 0 Å². The van der Waals surface area contributed by atoms with E-state index in [0.29, 0.717) is 5.92 Å². The van der Waals surface area contributed by atoms with E-state index in [1.807, 2.05) is 0 Å². The summed E-state index contributed by atoms with van der Waals surface area (Å²) in [7, 11) is 0. The Labute approximate surface area is 107 Å². The fourth-order valence-corrected chi connectivity index (χ4v) is 2.27. The summed E-state index contributed by atoms with van der Waals surface area (Å²) in [5.41, 5.74) is 4.49. The lowest BCUT2D eigenvalue weighted by Gasteiger charge is -2.15. The van der Waals surface area contributed by atoms with E-state index in [-0.39, 0.29) is 0 Å². The molecule has 94 valence electrons. The Morgan fingerprint density at radius 3 is 2.59 bits per heavy atom. The lowest BCUT2D eigenvalue weighted by atomic mass is 9.91. The van der Waals surface area contributed by atoms with Crippen LogP contribution >= 0.6 is 0 Å². The van der Waals surface area contributed by atoms with Gasteiger partial charge in [0.15, 0.2) is 0 Å². The summed E-state index contributed by atoms with van der Waals surface area (Å²) in [4.78, 5) is 0. The van der Waals surface area contributed by atoms with Gasteiger partial charge in [-0.1, -0.05) is 51.2 Å². The maximum Gasteiger partial charge on any atom is -0.00297 e. The Balaban J connectivity index is 2.72. The van der Waals surface area contributed by atoms with E-state index in [1.54, 1.807) is 0 Å². The van der Waals surface area contributed by atoms with E-state index in [4.69, 9.17) is 0 Å². The first kappa shape index (κ1) is 14.0. The molecule has 0 heterocycles. The molecule has 1 aliphatic rings. The molecular weight excluding hydrogens is 204 g/mol. The second kappa shape index (κ2) is 7.32. The van der Waals surface area contributed by atoms with Crippen LogP contribution < -0.4 is 0 Å². The smallest absolute Gasteiger partial charge is 0.00297 e. The normalized spacial score (nSPS) is 21.6. The van der Waals surface area contributed by atoms with Crippen molar-refractivity contribution >= 4 is 0 Å². The molecule has 0 fully saturated rings. The predicted molar refractivity (Wildman–Crippen MR) is 78.0 cm³/mol. The van der Waals surface area contributed by atoms with E-state index in [2.05, 4.69) is 58.1 Å². The number of rotatable bonds is 5. The fraction of sp³-hybridized carbons (Fsp3) is 0.529. The molecule has 0 bridgehead atoms. The van der Waals surface area contributed by atoms with Crippen molar-refractivity contribution in [3.8, 4) is 0 Å². The van der Waals surface area contributed by atoms with Gasteiger partial charge in [0.05, 0.1) is 0 Å². The number of hydrogen-bond acceptors (Lipinski definition) is 0. The molecular formula is C17H26. The summed E-state index contributed by atoms with van der Waals surface area (Å²) in [5, 5.41) is 0. The standard InChI is InChI=1S/C17H26/c1-5-8-16(6-2)17(7-3)13-15-11-9-14(4)10-12-15/h7-9,11-12,14H,5-6,10,13H2,1-4H3/b16-8-,17-7-. The van der Waals surface area contributed by atoms with Crippen molar-refractivity contribution in [1.29, 1.82) is 0 Å². The Morgan fingerprint density at radius 2 is 2.12 bits per heavy atom. The first-order valence-corrected chi connectivity index (χ1v) is 6.93. The van der Waals surface area contributed by atoms with E-state index < -0.39 is 0 Å². The van der Waals surface area contributed by atoms with Crippen LogP contribution in [0.4, 0.5) is 0 Å². The minimum atomic E-state index is 0.713. The molecule has 0 saturated carbocycles. The quantitative estimate of drug-likeness (QED) is 0.540. The van der Waals surface area contributed by atoms with Crippen LogP contribution in [0.3, 0.4) is 0 Å². The average Bonchev–Trinajstić information content (AvgIpc) is 2.36. The molecule has 0 N–H and O–H groups in total. The molecule has 1 unspecified atom stereocenters. The van der Waals surface area contributed by atoms with Crippen LogP contribution in [-0.2, 0) is 0 Å². The molecule has 0 aromatic carbocycles. The van der Waals surface area contributed by atoms with Crippen LogP contribution in [0.5, 0.6) is 0 Å². The lowest BCUT2D eigenvalue weighted by molar-refractivity contribution is 0.727. The molecule has 1 rings (SSSR count). The minimum absolute atomic E-state index is 0.713. The third-order valence-electron chi connectivity index (χ3n) is 3.38. The molecule has 0 amide bonds. The highest BCUT2D eigenvalue weighted by molar-refractivity contribution is 5.38. The van der Waals surface area contributed by atoms with Gasteiger partial charge in [0.1, 0.15) is 0 Å². The molecule has 0 aromatic heterocycles. The van der Waals surface area contributed by atoms with Gasteiger partial charge in [0.25, 0.3) is 0 Å². The predicted octanol–water partition coefficient (Wildman–Crippen LogP) is 5.59. The van der Waals surface area contributed by atoms with Crippen LogP contribution in [0.2, 0.25) is 0 Å². The molecule has 0 nitrogen and oxygen atoms in total. The molecule has 0 aromatic rings. The van der Waals surface area contributed by atoms with Crippen LogP contribution in [0.15, 0.2) is 47.1 Å². The Kier molecular flexibility index (Phi) is 6.04. The third kappa shape index (κ3) is 4.38. The van der Waals surface area contributed by atoms with E-state index in [0.717, 1.165) is 19.3 Å². The zero-order valence-electron chi connectivity index (χ0n) is 11.8. The van der Waals surface area contributed by atoms with Gasteiger partial charge in [-0.2, -0.15) is 0 Å². The van der Waals surface area contributed by atoms with Crippen molar-refractivity contribution in [2.75, 3.05) is 0 Å². The SMILES string of the molecule is C/C=C(CC1=CCC(C)C=C1)\C(=C/CC)CC. The first-order valence-electron chi connectivity index (χ1n) is 6.93. The first-order chi connectivity index (χ1) is 8.21. The highest BCUT2D eigenvalue weighted by Gasteiger charge is 2.07. The van der Waals surface area contributed by atoms with Crippen molar-refractivity contribution in [1.82, 2.24) is 0 Å². The van der Waals surface area contributed by atoms with Gasteiger partial charge in [-0.3, -0.25) is 0 Å². The highest BCUT2D eigenvalue weighted by Crippen LogP contribution is 2.26. The van der Waals surface area contributed by atoms with Crippen molar-refractivity contribution < 1.29 is 0 Å². The zero-order valence-corrected chi connectivity index (χ0v) is 11.8. The van der Waals surface area contributed by atoms with Gasteiger partial charge < -0.3 is 0 Å². The molecule has 0 radical (unpaired) electrons. The van der Waals surface area contributed by atoms with Crippen molar-refractivity contribution in [3.63, 3.8) is 0 Å². The minimum Gasteiger partial charge on any atom is -0.0838 e. The van der Waals surface area contributed by atoms with Crippen LogP contribution in [0, 0.1) is 5.92 Å². The second-order valence-corrected chi connectivity index (χ2v) is 4.83. The van der Waals surface area contributed by atoms with E-state index in [1.165, 1.54) is 23.1 Å². The molecule has 1 aliphatic carbocycles. The van der Waals surface area contributed by atoms with Gasteiger partial charge in [-0.15, -0.1) is 0 Å². The summed E-state index contributed by atoms with van der Waals surface area (Å²) < 4.78 is 0.